The minimum absolute atomic E-state index is 0.0880. The lowest BCUT2D eigenvalue weighted by Crippen LogP contribution is -2.38. The Kier molecular flexibility index (Phi) is 5.82. The number of carbonyl (C=O) groups excluding carboxylic acids is 1. The molecule has 2 atom stereocenters. The topological polar surface area (TPSA) is 57.6 Å². The summed E-state index contributed by atoms with van der Waals surface area (Å²) in [5, 5.41) is 8.03. The summed E-state index contributed by atoms with van der Waals surface area (Å²) in [7, 11) is 0. The molecule has 1 amide bonds. The van der Waals surface area contributed by atoms with Crippen molar-refractivity contribution in [3.63, 3.8) is 0 Å². The normalized spacial score (nSPS) is 20.5. The molecule has 1 N–H and O–H groups in total. The molecule has 1 fully saturated rings. The quantitative estimate of drug-likeness (QED) is 0.838. The van der Waals surface area contributed by atoms with Crippen LogP contribution in [0.2, 0.25) is 0 Å². The molecule has 1 heterocycles. The van der Waals surface area contributed by atoms with Crippen molar-refractivity contribution in [2.45, 2.75) is 50.0 Å². The van der Waals surface area contributed by atoms with E-state index in [-0.39, 0.29) is 11.2 Å². The Bertz CT molecular complexity index is 275. The van der Waals surface area contributed by atoms with E-state index in [1.165, 1.54) is 24.6 Å². The number of hydrogen-bond acceptors (Lipinski definition) is 3. The smallest absolute Gasteiger partial charge is 0.316 e. The Morgan fingerprint density at radius 2 is 1.59 bits per heavy atom. The summed E-state index contributed by atoms with van der Waals surface area (Å²) in [5.74, 6) is -0.768. The highest BCUT2D eigenvalue weighted by molar-refractivity contribution is 8.01. The zero-order valence-corrected chi connectivity index (χ0v) is 11.3. The third-order valence-electron chi connectivity index (χ3n) is 3.02. The third-order valence-corrected chi connectivity index (χ3v) is 4.24. The van der Waals surface area contributed by atoms with E-state index in [9.17, 15) is 9.59 Å². The average Bonchev–Trinajstić information content (AvgIpc) is 2.56. The van der Waals surface area contributed by atoms with Crippen LogP contribution < -0.4 is 0 Å². The van der Waals surface area contributed by atoms with Crippen LogP contribution >= 0.6 is 11.8 Å². The van der Waals surface area contributed by atoms with Gasteiger partial charge in [-0.15, -0.1) is 11.8 Å². The number of rotatable bonds is 4. The molecule has 2 unspecified atom stereocenters. The molecule has 17 heavy (non-hydrogen) atoms. The second-order valence-electron chi connectivity index (χ2n) is 4.50. The van der Waals surface area contributed by atoms with Crippen LogP contribution in [0.15, 0.2) is 0 Å². The van der Waals surface area contributed by atoms with Crippen LogP contribution in [0.5, 0.6) is 0 Å². The van der Waals surface area contributed by atoms with Crippen LogP contribution in [-0.2, 0) is 9.59 Å². The molecule has 1 saturated heterocycles. The van der Waals surface area contributed by atoms with Gasteiger partial charge in [0.05, 0.1) is 5.25 Å². The molecule has 0 aromatic heterocycles. The van der Waals surface area contributed by atoms with Crippen LogP contribution in [0.1, 0.15) is 39.5 Å². The number of carbonyl (C=O) groups is 2. The summed E-state index contributed by atoms with van der Waals surface area (Å²) >= 11 is 1.23. The fourth-order valence-corrected chi connectivity index (χ4v) is 2.97. The second-order valence-corrected chi connectivity index (χ2v) is 6.18. The molecule has 0 bridgehead atoms. The van der Waals surface area contributed by atoms with Crippen molar-refractivity contribution in [3.8, 4) is 0 Å². The molecule has 0 radical (unpaired) electrons. The van der Waals surface area contributed by atoms with Gasteiger partial charge in [0.1, 0.15) is 5.25 Å². The van der Waals surface area contributed by atoms with Crippen LogP contribution in [0.3, 0.4) is 0 Å². The highest BCUT2D eigenvalue weighted by Crippen LogP contribution is 2.21. The molecule has 4 nitrogen and oxygen atoms in total. The van der Waals surface area contributed by atoms with Gasteiger partial charge in [0.15, 0.2) is 0 Å². The summed E-state index contributed by atoms with van der Waals surface area (Å²) in [6, 6.07) is 0. The first kappa shape index (κ1) is 14.4. The Hall–Kier alpha value is -0.710. The lowest BCUT2D eigenvalue weighted by atomic mass is 10.2. The Balaban J connectivity index is 2.47. The second kappa shape index (κ2) is 6.89. The van der Waals surface area contributed by atoms with Gasteiger partial charge in [-0.1, -0.05) is 12.8 Å². The van der Waals surface area contributed by atoms with Crippen LogP contribution in [0.25, 0.3) is 0 Å². The SMILES string of the molecule is CC(SC(C)C(=O)N1CCCCCC1)C(=O)O. The van der Waals surface area contributed by atoms with Gasteiger partial charge in [-0.3, -0.25) is 9.59 Å². The van der Waals surface area contributed by atoms with Crippen molar-refractivity contribution >= 4 is 23.6 Å². The number of thioether (sulfide) groups is 1. The molecule has 1 rings (SSSR count). The first-order valence-electron chi connectivity index (χ1n) is 6.19. The van der Waals surface area contributed by atoms with E-state index in [0.717, 1.165) is 25.9 Å². The van der Waals surface area contributed by atoms with E-state index in [0.29, 0.717) is 0 Å². The van der Waals surface area contributed by atoms with Crippen LogP contribution in [-0.4, -0.2) is 45.5 Å². The molecule has 0 aromatic rings. The molecule has 98 valence electrons. The molecule has 0 aromatic carbocycles. The summed E-state index contributed by atoms with van der Waals surface area (Å²) in [6.45, 7) is 5.08. The predicted molar refractivity (Wildman–Crippen MR) is 69.2 cm³/mol. The van der Waals surface area contributed by atoms with Gasteiger partial charge in [-0.2, -0.15) is 0 Å². The van der Waals surface area contributed by atoms with Crippen molar-refractivity contribution in [2.75, 3.05) is 13.1 Å². The number of carboxylic acid groups (broad SMARTS) is 1. The van der Waals surface area contributed by atoms with Gasteiger partial charge in [0, 0.05) is 13.1 Å². The van der Waals surface area contributed by atoms with Crippen molar-refractivity contribution < 1.29 is 14.7 Å². The van der Waals surface area contributed by atoms with E-state index in [4.69, 9.17) is 5.11 Å². The number of aliphatic carboxylic acids is 1. The van der Waals surface area contributed by atoms with Crippen LogP contribution in [0, 0.1) is 0 Å². The highest BCUT2D eigenvalue weighted by Gasteiger charge is 2.25. The maximum atomic E-state index is 12.1. The van der Waals surface area contributed by atoms with Gasteiger partial charge >= 0.3 is 5.97 Å². The largest absolute Gasteiger partial charge is 0.480 e. The summed E-state index contributed by atoms with van der Waals surface area (Å²) in [4.78, 5) is 24.8. The predicted octanol–water partition coefficient (Wildman–Crippen LogP) is 1.98. The first-order chi connectivity index (χ1) is 8.02. The van der Waals surface area contributed by atoms with E-state index >= 15 is 0 Å². The molecule has 1 aliphatic rings. The minimum atomic E-state index is -0.856. The fraction of sp³-hybridized carbons (Fsp3) is 0.833. The summed E-state index contributed by atoms with van der Waals surface area (Å²) < 4.78 is 0. The van der Waals surface area contributed by atoms with Gasteiger partial charge in [0.2, 0.25) is 5.91 Å². The molecule has 0 spiro atoms. The lowest BCUT2D eigenvalue weighted by molar-refractivity contribution is -0.136. The van der Waals surface area contributed by atoms with Gasteiger partial charge in [0.25, 0.3) is 0 Å². The molecular weight excluding hydrogens is 238 g/mol. The molecule has 0 aliphatic carbocycles. The van der Waals surface area contributed by atoms with Crippen molar-refractivity contribution in [1.82, 2.24) is 4.90 Å². The van der Waals surface area contributed by atoms with Crippen molar-refractivity contribution in [3.05, 3.63) is 0 Å². The molecule has 0 saturated carbocycles. The maximum Gasteiger partial charge on any atom is 0.316 e. The maximum absolute atomic E-state index is 12.1. The average molecular weight is 259 g/mol. The van der Waals surface area contributed by atoms with Crippen molar-refractivity contribution in [2.24, 2.45) is 0 Å². The van der Waals surface area contributed by atoms with E-state index in [1.54, 1.807) is 13.8 Å². The zero-order chi connectivity index (χ0) is 12.8. The summed E-state index contributed by atoms with van der Waals surface area (Å²) in [5.41, 5.74) is 0. The number of likely N-dealkylation sites (tertiary alicyclic amines) is 1. The van der Waals surface area contributed by atoms with Crippen LogP contribution in [0.4, 0.5) is 0 Å². The van der Waals surface area contributed by atoms with Gasteiger partial charge in [-0.25, -0.2) is 0 Å². The Morgan fingerprint density at radius 1 is 1.06 bits per heavy atom. The minimum Gasteiger partial charge on any atom is -0.480 e. The zero-order valence-electron chi connectivity index (χ0n) is 10.5. The molecule has 1 aliphatic heterocycles. The van der Waals surface area contributed by atoms with E-state index in [2.05, 4.69) is 0 Å². The summed E-state index contributed by atoms with van der Waals surface area (Å²) in [6.07, 6.45) is 4.52. The number of nitrogens with zero attached hydrogens (tertiary/aromatic N) is 1. The Labute approximate surface area is 107 Å². The fourth-order valence-electron chi connectivity index (χ4n) is 1.97. The lowest BCUT2D eigenvalue weighted by Gasteiger charge is -2.24. The molecule has 5 heteroatoms. The van der Waals surface area contributed by atoms with E-state index < -0.39 is 11.2 Å². The van der Waals surface area contributed by atoms with Crippen molar-refractivity contribution in [1.29, 1.82) is 0 Å². The monoisotopic (exact) mass is 259 g/mol. The van der Waals surface area contributed by atoms with E-state index in [1.807, 2.05) is 4.90 Å². The standard InChI is InChI=1S/C12H21NO3S/c1-9(17-10(2)12(15)16)11(14)13-7-5-3-4-6-8-13/h9-10H,3-8H2,1-2H3,(H,15,16). The Morgan fingerprint density at radius 3 is 2.06 bits per heavy atom. The number of amides is 1. The highest BCUT2D eigenvalue weighted by atomic mass is 32.2. The van der Waals surface area contributed by atoms with Gasteiger partial charge < -0.3 is 10.0 Å². The number of carboxylic acids is 1. The van der Waals surface area contributed by atoms with Gasteiger partial charge in [-0.05, 0) is 26.7 Å². The number of hydrogen-bond donors (Lipinski definition) is 1. The molecular formula is C12H21NO3S. The first-order valence-corrected chi connectivity index (χ1v) is 7.13. The third kappa shape index (κ3) is 4.58.